The van der Waals surface area contributed by atoms with Gasteiger partial charge in [0.25, 0.3) is 0 Å². The van der Waals surface area contributed by atoms with Crippen molar-refractivity contribution in [1.29, 1.82) is 0 Å². The number of allylic oxidation sites excluding steroid dienone is 3. The van der Waals surface area contributed by atoms with Crippen LogP contribution in [0.4, 0.5) is 0 Å². The molecule has 1 saturated heterocycles. The Morgan fingerprint density at radius 2 is 1.84 bits per heavy atom. The van der Waals surface area contributed by atoms with E-state index in [-0.39, 0.29) is 12.1 Å². The van der Waals surface area contributed by atoms with Crippen LogP contribution in [-0.2, 0) is 15.9 Å². The lowest BCUT2D eigenvalue weighted by atomic mass is 9.78. The summed E-state index contributed by atoms with van der Waals surface area (Å²) in [7, 11) is 0. The van der Waals surface area contributed by atoms with Crippen LogP contribution in [0.1, 0.15) is 37.8 Å². The summed E-state index contributed by atoms with van der Waals surface area (Å²) in [6.45, 7) is 6.76. The highest BCUT2D eigenvalue weighted by Gasteiger charge is 2.38. The summed E-state index contributed by atoms with van der Waals surface area (Å²) < 4.78 is 12.8. The minimum atomic E-state index is -0.482. The largest absolute Gasteiger partial charge is 0.378 e. The first-order chi connectivity index (χ1) is 15.7. The summed E-state index contributed by atoms with van der Waals surface area (Å²) in [5.41, 5.74) is 4.82. The van der Waals surface area contributed by atoms with Gasteiger partial charge < -0.3 is 14.8 Å². The van der Waals surface area contributed by atoms with Crippen LogP contribution in [0.3, 0.4) is 0 Å². The van der Waals surface area contributed by atoms with Gasteiger partial charge >= 0.3 is 0 Å². The third kappa shape index (κ3) is 5.29. The number of benzene rings is 2. The summed E-state index contributed by atoms with van der Waals surface area (Å²) in [5.74, 6) is 0. The van der Waals surface area contributed by atoms with Gasteiger partial charge in [0, 0.05) is 13.0 Å². The molecule has 0 aromatic heterocycles. The fourth-order valence-electron chi connectivity index (χ4n) is 4.83. The van der Waals surface area contributed by atoms with Gasteiger partial charge in [-0.2, -0.15) is 0 Å². The Morgan fingerprint density at radius 1 is 1.09 bits per heavy atom. The van der Waals surface area contributed by atoms with Crippen LogP contribution >= 0.6 is 0 Å². The third-order valence-electron chi connectivity index (χ3n) is 6.52. The molecule has 32 heavy (non-hydrogen) atoms. The zero-order valence-electron chi connectivity index (χ0n) is 19.3. The number of morpholine rings is 1. The van der Waals surface area contributed by atoms with Crippen molar-refractivity contribution in [3.05, 3.63) is 102 Å². The summed E-state index contributed by atoms with van der Waals surface area (Å²) in [5, 5.41) is 3.58. The molecule has 0 spiro atoms. The quantitative estimate of drug-likeness (QED) is 0.580. The lowest BCUT2D eigenvalue weighted by molar-refractivity contribution is -0.0718. The molecule has 1 N–H and O–H groups in total. The van der Waals surface area contributed by atoms with Crippen LogP contribution in [0.25, 0.3) is 5.57 Å². The number of ether oxygens (including phenoxy) is 2. The predicted octanol–water partition coefficient (Wildman–Crippen LogP) is 5.74. The van der Waals surface area contributed by atoms with E-state index in [4.69, 9.17) is 9.47 Å². The first-order valence-corrected chi connectivity index (χ1v) is 11.9. The Bertz CT molecular complexity index is 942. The smallest absolute Gasteiger partial charge is 0.112 e. The van der Waals surface area contributed by atoms with Crippen molar-refractivity contribution in [2.75, 3.05) is 19.8 Å². The van der Waals surface area contributed by atoms with Crippen LogP contribution in [0.2, 0.25) is 0 Å². The Labute approximate surface area is 192 Å². The second kappa shape index (κ2) is 10.9. The lowest BCUT2D eigenvalue weighted by Gasteiger charge is -2.41. The molecule has 3 heteroatoms. The summed E-state index contributed by atoms with van der Waals surface area (Å²) in [6.07, 6.45) is 11.4. The number of rotatable bonds is 8. The number of hydrogen-bond acceptors (Lipinski definition) is 3. The molecule has 2 aromatic rings. The summed E-state index contributed by atoms with van der Waals surface area (Å²) in [4.78, 5) is 0. The fraction of sp³-hybridized carbons (Fsp3) is 0.379. The van der Waals surface area contributed by atoms with Crippen molar-refractivity contribution in [3.8, 4) is 0 Å². The van der Waals surface area contributed by atoms with Crippen molar-refractivity contribution >= 4 is 5.57 Å². The van der Waals surface area contributed by atoms with E-state index in [1.54, 1.807) is 0 Å². The van der Waals surface area contributed by atoms with Crippen LogP contribution in [0.15, 0.2) is 90.5 Å². The van der Waals surface area contributed by atoms with Crippen LogP contribution in [0, 0.1) is 0 Å². The van der Waals surface area contributed by atoms with E-state index in [9.17, 15) is 0 Å². The van der Waals surface area contributed by atoms with Gasteiger partial charge in [0.2, 0.25) is 0 Å². The monoisotopic (exact) mass is 429 g/mol. The van der Waals surface area contributed by atoms with E-state index in [0.29, 0.717) is 6.61 Å². The van der Waals surface area contributed by atoms with Gasteiger partial charge in [-0.05, 0) is 48.1 Å². The predicted molar refractivity (Wildman–Crippen MR) is 133 cm³/mol. The average molecular weight is 430 g/mol. The van der Waals surface area contributed by atoms with Gasteiger partial charge in [0.15, 0.2) is 0 Å². The molecule has 3 unspecified atom stereocenters. The Balaban J connectivity index is 1.79. The van der Waals surface area contributed by atoms with E-state index >= 15 is 0 Å². The fourth-order valence-corrected chi connectivity index (χ4v) is 4.83. The van der Waals surface area contributed by atoms with Crippen molar-refractivity contribution in [1.82, 2.24) is 5.32 Å². The maximum atomic E-state index is 7.02. The number of hydrogen-bond donors (Lipinski definition) is 1. The first-order valence-electron chi connectivity index (χ1n) is 11.9. The highest BCUT2D eigenvalue weighted by molar-refractivity contribution is 5.71. The van der Waals surface area contributed by atoms with E-state index in [1.165, 1.54) is 22.3 Å². The molecule has 0 bridgehead atoms. The summed E-state index contributed by atoms with van der Waals surface area (Å²) >= 11 is 0. The normalized spacial score (nSPS) is 24.8. The molecule has 1 aliphatic carbocycles. The van der Waals surface area contributed by atoms with Crippen molar-refractivity contribution in [2.24, 2.45) is 0 Å². The zero-order chi connectivity index (χ0) is 22.2. The van der Waals surface area contributed by atoms with Gasteiger partial charge in [-0.25, -0.2) is 0 Å². The minimum absolute atomic E-state index is 0.0195. The lowest BCUT2D eigenvalue weighted by Crippen LogP contribution is -2.51. The molecule has 0 saturated carbocycles. The molecular formula is C29H35NO2. The highest BCUT2D eigenvalue weighted by atomic mass is 16.5. The van der Waals surface area contributed by atoms with E-state index in [2.05, 4.69) is 104 Å². The van der Waals surface area contributed by atoms with Gasteiger partial charge in [-0.15, -0.1) is 0 Å². The van der Waals surface area contributed by atoms with Crippen molar-refractivity contribution < 1.29 is 9.47 Å². The van der Waals surface area contributed by atoms with Crippen molar-refractivity contribution in [3.63, 3.8) is 0 Å². The van der Waals surface area contributed by atoms with E-state index < -0.39 is 5.60 Å². The Kier molecular flexibility index (Phi) is 7.75. The molecular weight excluding hydrogens is 394 g/mol. The molecule has 1 aliphatic heterocycles. The molecule has 2 aliphatic rings. The molecule has 4 rings (SSSR count). The number of nitrogens with one attached hydrogen (secondary N) is 1. The Hall–Kier alpha value is -2.46. The maximum Gasteiger partial charge on any atom is 0.112 e. The SMILES string of the molecule is CC/C(=C(/Cc1ccccc1)C1(OC(C)C2COCCN2)C=CC=CC1)c1ccccc1. The molecule has 168 valence electrons. The summed E-state index contributed by atoms with van der Waals surface area (Å²) in [6, 6.07) is 21.7. The topological polar surface area (TPSA) is 30.5 Å². The highest BCUT2D eigenvalue weighted by Crippen LogP contribution is 2.40. The maximum absolute atomic E-state index is 7.02. The van der Waals surface area contributed by atoms with Gasteiger partial charge in [-0.3, -0.25) is 0 Å². The van der Waals surface area contributed by atoms with Crippen LogP contribution in [0.5, 0.6) is 0 Å². The molecule has 1 heterocycles. The molecule has 0 amide bonds. The second-order valence-electron chi connectivity index (χ2n) is 8.68. The van der Waals surface area contributed by atoms with E-state index in [0.717, 1.165) is 32.4 Å². The van der Waals surface area contributed by atoms with Gasteiger partial charge in [0.1, 0.15) is 5.60 Å². The molecule has 3 atom stereocenters. The van der Waals surface area contributed by atoms with Crippen LogP contribution in [-0.4, -0.2) is 37.5 Å². The zero-order valence-corrected chi connectivity index (χ0v) is 19.3. The molecule has 0 radical (unpaired) electrons. The van der Waals surface area contributed by atoms with Crippen LogP contribution < -0.4 is 5.32 Å². The first kappa shape index (κ1) is 22.7. The molecule has 3 nitrogen and oxygen atoms in total. The van der Waals surface area contributed by atoms with Gasteiger partial charge in [-0.1, -0.05) is 85.8 Å². The van der Waals surface area contributed by atoms with Crippen molar-refractivity contribution in [2.45, 2.75) is 50.9 Å². The molecule has 2 aromatic carbocycles. The van der Waals surface area contributed by atoms with Gasteiger partial charge in [0.05, 0.1) is 25.4 Å². The Morgan fingerprint density at radius 3 is 2.47 bits per heavy atom. The van der Waals surface area contributed by atoms with E-state index in [1.807, 2.05) is 0 Å². The molecule has 1 fully saturated rings. The second-order valence-corrected chi connectivity index (χ2v) is 8.68. The average Bonchev–Trinajstić information content (AvgIpc) is 2.86. The standard InChI is InChI=1S/C29H35NO2/c1-3-26(25-15-9-5-10-16-25)27(21-24-13-7-4-8-14-24)29(17-11-6-12-18-29)32-23(2)28-22-31-20-19-30-28/h4-17,23,28,30H,3,18-22H2,1-2H3/b27-26+. The third-order valence-corrected chi connectivity index (χ3v) is 6.52. The minimum Gasteiger partial charge on any atom is -0.378 e.